The summed E-state index contributed by atoms with van der Waals surface area (Å²) in [5.74, 6) is 0.261. The van der Waals surface area contributed by atoms with Crippen molar-refractivity contribution in [3.8, 4) is 5.75 Å². The highest BCUT2D eigenvalue weighted by atomic mass is 35.5. The first-order chi connectivity index (χ1) is 11.9. The Balaban J connectivity index is 1.75. The fraction of sp³-hybridized carbons (Fsp3) is 0.235. The number of hydrogen-bond donors (Lipinski definition) is 2. The summed E-state index contributed by atoms with van der Waals surface area (Å²) in [6, 6.07) is 10.6. The van der Waals surface area contributed by atoms with Crippen LogP contribution in [0.3, 0.4) is 0 Å². The molecule has 3 rings (SSSR count). The lowest BCUT2D eigenvalue weighted by atomic mass is 10.2. The van der Waals surface area contributed by atoms with Crippen LogP contribution >= 0.6 is 11.6 Å². The number of carbonyl (C=O) groups excluding carboxylic acids is 1. The Morgan fingerprint density at radius 3 is 2.40 bits per heavy atom. The monoisotopic (exact) mass is 380 g/mol. The number of amides is 1. The molecular weight excluding hydrogens is 364 g/mol. The van der Waals surface area contributed by atoms with Gasteiger partial charge in [-0.15, -0.1) is 0 Å². The first kappa shape index (κ1) is 17.6. The van der Waals surface area contributed by atoms with E-state index >= 15 is 0 Å². The van der Waals surface area contributed by atoms with Crippen LogP contribution in [-0.4, -0.2) is 27.5 Å². The van der Waals surface area contributed by atoms with Gasteiger partial charge >= 0.3 is 0 Å². The molecule has 1 saturated carbocycles. The molecule has 0 aliphatic heterocycles. The maximum Gasteiger partial charge on any atom is 0.261 e. The number of anilines is 1. The van der Waals surface area contributed by atoms with Crippen LogP contribution in [0.15, 0.2) is 47.4 Å². The summed E-state index contributed by atoms with van der Waals surface area (Å²) in [5, 5.41) is 3.16. The van der Waals surface area contributed by atoms with Crippen molar-refractivity contribution in [3.63, 3.8) is 0 Å². The highest BCUT2D eigenvalue weighted by Crippen LogP contribution is 2.28. The Morgan fingerprint density at radius 1 is 1.16 bits per heavy atom. The maximum atomic E-state index is 12.5. The summed E-state index contributed by atoms with van der Waals surface area (Å²) in [7, 11) is -2.31. The minimum atomic E-state index is -3.78. The summed E-state index contributed by atoms with van der Waals surface area (Å²) >= 11 is 6.00. The topological polar surface area (TPSA) is 84.5 Å². The van der Waals surface area contributed by atoms with Gasteiger partial charge in [-0.3, -0.25) is 9.52 Å². The van der Waals surface area contributed by atoms with Crippen molar-refractivity contribution in [2.75, 3.05) is 11.8 Å². The Bertz CT molecular complexity index is 893. The predicted octanol–water partition coefficient (Wildman–Crippen LogP) is 3.04. The third kappa shape index (κ3) is 4.24. The summed E-state index contributed by atoms with van der Waals surface area (Å²) < 4.78 is 32.4. The molecule has 1 aliphatic rings. The van der Waals surface area contributed by atoms with Crippen LogP contribution in [0.1, 0.15) is 23.2 Å². The zero-order valence-electron chi connectivity index (χ0n) is 13.5. The molecule has 132 valence electrons. The number of sulfonamides is 1. The van der Waals surface area contributed by atoms with E-state index in [1.165, 1.54) is 37.4 Å². The molecule has 0 bridgehead atoms. The molecule has 6 nitrogen and oxygen atoms in total. The van der Waals surface area contributed by atoms with Gasteiger partial charge in [0.1, 0.15) is 5.75 Å². The molecule has 2 aromatic rings. The minimum absolute atomic E-state index is 0.0578. The molecule has 0 radical (unpaired) electrons. The van der Waals surface area contributed by atoms with Crippen molar-refractivity contribution in [3.05, 3.63) is 53.1 Å². The van der Waals surface area contributed by atoms with Crippen LogP contribution in [-0.2, 0) is 10.0 Å². The molecule has 25 heavy (non-hydrogen) atoms. The van der Waals surface area contributed by atoms with Gasteiger partial charge in [0, 0.05) is 11.6 Å². The van der Waals surface area contributed by atoms with Crippen LogP contribution in [0.5, 0.6) is 5.75 Å². The summed E-state index contributed by atoms with van der Waals surface area (Å²) in [4.78, 5) is 12.0. The van der Waals surface area contributed by atoms with E-state index in [0.717, 1.165) is 12.8 Å². The Labute approximate surface area is 151 Å². The van der Waals surface area contributed by atoms with Crippen LogP contribution in [0, 0.1) is 0 Å². The number of hydrogen-bond acceptors (Lipinski definition) is 4. The van der Waals surface area contributed by atoms with E-state index in [1.807, 2.05) is 0 Å². The molecule has 8 heteroatoms. The van der Waals surface area contributed by atoms with Gasteiger partial charge < -0.3 is 10.1 Å². The molecule has 1 aliphatic carbocycles. The van der Waals surface area contributed by atoms with Crippen molar-refractivity contribution in [2.45, 2.75) is 23.8 Å². The molecular formula is C17H17ClN2O4S. The van der Waals surface area contributed by atoms with Crippen LogP contribution in [0.4, 0.5) is 5.69 Å². The van der Waals surface area contributed by atoms with Gasteiger partial charge in [-0.25, -0.2) is 8.42 Å². The van der Waals surface area contributed by atoms with Crippen LogP contribution in [0.25, 0.3) is 0 Å². The number of nitrogens with one attached hydrogen (secondary N) is 2. The molecule has 0 unspecified atom stereocenters. The normalized spacial score (nSPS) is 14.0. The van der Waals surface area contributed by atoms with Crippen molar-refractivity contribution >= 4 is 33.2 Å². The Morgan fingerprint density at radius 2 is 1.84 bits per heavy atom. The maximum absolute atomic E-state index is 12.5. The van der Waals surface area contributed by atoms with Gasteiger partial charge in [-0.1, -0.05) is 11.6 Å². The standard InChI is InChI=1S/C17H17ClN2O4S/c1-24-16-9-6-13(10-15(16)18)20-25(22,23)14-7-2-11(3-8-14)17(21)19-12-4-5-12/h2-3,6-10,12,20H,4-5H2,1H3,(H,19,21). The van der Waals surface area contributed by atoms with Crippen molar-refractivity contribution < 1.29 is 17.9 Å². The van der Waals surface area contributed by atoms with Gasteiger partial charge in [-0.2, -0.15) is 0 Å². The lowest BCUT2D eigenvalue weighted by molar-refractivity contribution is 0.0951. The van der Waals surface area contributed by atoms with Gasteiger partial charge in [0.25, 0.3) is 15.9 Å². The van der Waals surface area contributed by atoms with Gasteiger partial charge in [0.15, 0.2) is 0 Å². The number of carbonyl (C=O) groups is 1. The molecule has 0 spiro atoms. The summed E-state index contributed by atoms with van der Waals surface area (Å²) in [6.45, 7) is 0. The number of methoxy groups -OCH3 is 1. The molecule has 2 aromatic carbocycles. The van der Waals surface area contributed by atoms with E-state index in [9.17, 15) is 13.2 Å². The van der Waals surface area contributed by atoms with Crippen LogP contribution < -0.4 is 14.8 Å². The van der Waals surface area contributed by atoms with Gasteiger partial charge in [0.05, 0.1) is 22.7 Å². The highest BCUT2D eigenvalue weighted by molar-refractivity contribution is 7.92. The molecule has 1 fully saturated rings. The lowest BCUT2D eigenvalue weighted by Crippen LogP contribution is -2.25. The Hall–Kier alpha value is -2.25. The SMILES string of the molecule is COc1ccc(NS(=O)(=O)c2ccc(C(=O)NC3CC3)cc2)cc1Cl. The number of benzene rings is 2. The van der Waals surface area contributed by atoms with E-state index in [4.69, 9.17) is 16.3 Å². The minimum Gasteiger partial charge on any atom is -0.495 e. The van der Waals surface area contributed by atoms with Gasteiger partial charge in [0.2, 0.25) is 0 Å². The fourth-order valence-corrected chi connectivity index (χ4v) is 3.53. The van der Waals surface area contributed by atoms with Crippen molar-refractivity contribution in [1.29, 1.82) is 0 Å². The van der Waals surface area contributed by atoms with Crippen molar-refractivity contribution in [2.24, 2.45) is 0 Å². The zero-order valence-corrected chi connectivity index (χ0v) is 15.0. The largest absolute Gasteiger partial charge is 0.495 e. The van der Waals surface area contributed by atoms with Crippen LogP contribution in [0.2, 0.25) is 5.02 Å². The van der Waals surface area contributed by atoms with E-state index in [0.29, 0.717) is 22.0 Å². The average Bonchev–Trinajstić information content (AvgIpc) is 3.39. The summed E-state index contributed by atoms with van der Waals surface area (Å²) in [6.07, 6.45) is 1.99. The van der Waals surface area contributed by atoms with E-state index in [-0.39, 0.29) is 16.8 Å². The number of ether oxygens (including phenoxy) is 1. The molecule has 2 N–H and O–H groups in total. The second-order valence-electron chi connectivity index (χ2n) is 5.73. The van der Waals surface area contributed by atoms with E-state index in [1.54, 1.807) is 12.1 Å². The second-order valence-corrected chi connectivity index (χ2v) is 7.82. The molecule has 0 saturated heterocycles. The second kappa shape index (κ2) is 6.93. The third-order valence-electron chi connectivity index (χ3n) is 3.74. The number of rotatable bonds is 6. The quantitative estimate of drug-likeness (QED) is 0.806. The predicted molar refractivity (Wildman–Crippen MR) is 95.7 cm³/mol. The highest BCUT2D eigenvalue weighted by Gasteiger charge is 2.24. The van der Waals surface area contributed by atoms with Gasteiger partial charge in [-0.05, 0) is 55.3 Å². The third-order valence-corrected chi connectivity index (χ3v) is 5.44. The lowest BCUT2D eigenvalue weighted by Gasteiger charge is -2.10. The number of halogens is 1. The first-order valence-electron chi connectivity index (χ1n) is 7.66. The van der Waals surface area contributed by atoms with Crippen molar-refractivity contribution in [1.82, 2.24) is 5.32 Å². The average molecular weight is 381 g/mol. The first-order valence-corrected chi connectivity index (χ1v) is 9.52. The summed E-state index contributed by atoms with van der Waals surface area (Å²) in [5.41, 5.74) is 0.750. The molecule has 0 heterocycles. The van der Waals surface area contributed by atoms with E-state index < -0.39 is 10.0 Å². The Kier molecular flexibility index (Phi) is 4.87. The molecule has 1 amide bonds. The molecule has 0 aromatic heterocycles. The van der Waals surface area contributed by atoms with E-state index in [2.05, 4.69) is 10.0 Å². The zero-order chi connectivity index (χ0) is 18.0. The smallest absolute Gasteiger partial charge is 0.261 e. The molecule has 0 atom stereocenters. The fourth-order valence-electron chi connectivity index (χ4n) is 2.23.